The van der Waals surface area contributed by atoms with Crippen LogP contribution in [0.25, 0.3) is 0 Å². The smallest absolute Gasteiger partial charge is 0.0294 e. The Morgan fingerprint density at radius 3 is 2.62 bits per heavy atom. The van der Waals surface area contributed by atoms with Crippen molar-refractivity contribution in [2.75, 3.05) is 0 Å². The second-order valence-electron chi connectivity index (χ2n) is 5.24. The summed E-state index contributed by atoms with van der Waals surface area (Å²) in [7, 11) is 0. The van der Waals surface area contributed by atoms with Crippen molar-refractivity contribution in [2.24, 2.45) is 5.92 Å². The second-order valence-corrected chi connectivity index (χ2v) is 5.24. The number of aryl methyl sites for hydroxylation is 2. The van der Waals surface area contributed by atoms with Crippen LogP contribution < -0.4 is 5.32 Å². The van der Waals surface area contributed by atoms with Gasteiger partial charge in [0.25, 0.3) is 0 Å². The minimum Gasteiger partial charge on any atom is -0.307 e. The summed E-state index contributed by atoms with van der Waals surface area (Å²) in [6, 6.07) is 8.05. The summed E-state index contributed by atoms with van der Waals surface area (Å²) in [6.07, 6.45) is 2.68. The van der Waals surface area contributed by atoms with Gasteiger partial charge in [0.05, 0.1) is 0 Å². The summed E-state index contributed by atoms with van der Waals surface area (Å²) in [6.45, 7) is 8.92. The standard InChI is InChI=1S/C15H23N/c1-5-13-9-15(13)16-12(4)14-7-6-10(2)11(3)8-14/h6-8,12-13,15-16H,5,9H2,1-4H3. The van der Waals surface area contributed by atoms with E-state index < -0.39 is 0 Å². The van der Waals surface area contributed by atoms with Crippen molar-refractivity contribution in [1.82, 2.24) is 5.32 Å². The van der Waals surface area contributed by atoms with E-state index in [-0.39, 0.29) is 0 Å². The van der Waals surface area contributed by atoms with Crippen molar-refractivity contribution in [3.8, 4) is 0 Å². The SMILES string of the molecule is CCC1CC1NC(C)c1ccc(C)c(C)c1. The van der Waals surface area contributed by atoms with Crippen molar-refractivity contribution in [3.05, 3.63) is 34.9 Å². The highest BCUT2D eigenvalue weighted by Gasteiger charge is 2.35. The van der Waals surface area contributed by atoms with Gasteiger partial charge < -0.3 is 5.32 Å². The molecule has 0 heterocycles. The third-order valence-corrected chi connectivity index (χ3v) is 3.94. The van der Waals surface area contributed by atoms with Crippen LogP contribution in [0.4, 0.5) is 0 Å². The van der Waals surface area contributed by atoms with Crippen molar-refractivity contribution in [1.29, 1.82) is 0 Å². The predicted molar refractivity (Wildman–Crippen MR) is 69.7 cm³/mol. The maximum absolute atomic E-state index is 3.72. The Bertz CT molecular complexity index is 370. The molecule has 1 aromatic carbocycles. The van der Waals surface area contributed by atoms with E-state index in [1.807, 2.05) is 0 Å². The molecule has 1 fully saturated rings. The Morgan fingerprint density at radius 1 is 1.31 bits per heavy atom. The van der Waals surface area contributed by atoms with Gasteiger partial charge in [-0.3, -0.25) is 0 Å². The number of rotatable bonds is 4. The van der Waals surface area contributed by atoms with Crippen molar-refractivity contribution < 1.29 is 0 Å². The molecular formula is C15H23N. The zero-order valence-electron chi connectivity index (χ0n) is 10.9. The van der Waals surface area contributed by atoms with E-state index in [9.17, 15) is 0 Å². The van der Waals surface area contributed by atoms with E-state index in [1.165, 1.54) is 29.5 Å². The second kappa shape index (κ2) is 4.58. The minimum absolute atomic E-state index is 0.487. The molecule has 1 saturated carbocycles. The first-order valence-electron chi connectivity index (χ1n) is 6.45. The summed E-state index contributed by atoms with van der Waals surface area (Å²) < 4.78 is 0. The number of nitrogens with one attached hydrogen (secondary N) is 1. The maximum Gasteiger partial charge on any atom is 0.0294 e. The molecule has 16 heavy (non-hydrogen) atoms. The molecule has 3 unspecified atom stereocenters. The highest BCUT2D eigenvalue weighted by atomic mass is 15.0. The lowest BCUT2D eigenvalue weighted by Crippen LogP contribution is -2.22. The van der Waals surface area contributed by atoms with Gasteiger partial charge >= 0.3 is 0 Å². The average molecular weight is 217 g/mol. The highest BCUT2D eigenvalue weighted by molar-refractivity contribution is 5.31. The fourth-order valence-corrected chi connectivity index (χ4v) is 2.35. The van der Waals surface area contributed by atoms with E-state index in [0.717, 1.165) is 12.0 Å². The molecule has 0 radical (unpaired) electrons. The van der Waals surface area contributed by atoms with Crippen LogP contribution in [-0.2, 0) is 0 Å². The fourth-order valence-electron chi connectivity index (χ4n) is 2.35. The number of hydrogen-bond acceptors (Lipinski definition) is 1. The van der Waals surface area contributed by atoms with Crippen molar-refractivity contribution in [3.63, 3.8) is 0 Å². The number of benzene rings is 1. The summed E-state index contributed by atoms with van der Waals surface area (Å²) >= 11 is 0. The van der Waals surface area contributed by atoms with Crippen LogP contribution in [0.5, 0.6) is 0 Å². The predicted octanol–water partition coefficient (Wildman–Crippen LogP) is 3.75. The first-order valence-corrected chi connectivity index (χ1v) is 6.45. The fraction of sp³-hybridized carbons (Fsp3) is 0.600. The Kier molecular flexibility index (Phi) is 3.34. The van der Waals surface area contributed by atoms with Crippen LogP contribution in [-0.4, -0.2) is 6.04 Å². The molecule has 0 saturated heterocycles. The zero-order chi connectivity index (χ0) is 11.7. The maximum atomic E-state index is 3.72. The van der Waals surface area contributed by atoms with Crippen molar-refractivity contribution in [2.45, 2.75) is 52.6 Å². The highest BCUT2D eigenvalue weighted by Crippen LogP contribution is 2.35. The van der Waals surface area contributed by atoms with Gasteiger partial charge in [-0.15, -0.1) is 0 Å². The third-order valence-electron chi connectivity index (χ3n) is 3.94. The Hall–Kier alpha value is -0.820. The molecule has 0 bridgehead atoms. The van der Waals surface area contributed by atoms with Gasteiger partial charge in [0.1, 0.15) is 0 Å². The lowest BCUT2D eigenvalue weighted by atomic mass is 10.0. The summed E-state index contributed by atoms with van der Waals surface area (Å²) in [5.74, 6) is 0.925. The van der Waals surface area contributed by atoms with Crippen LogP contribution in [0.1, 0.15) is 49.4 Å². The molecule has 3 atom stereocenters. The van der Waals surface area contributed by atoms with Gasteiger partial charge in [0.2, 0.25) is 0 Å². The minimum atomic E-state index is 0.487. The van der Waals surface area contributed by atoms with Gasteiger partial charge in [-0.05, 0) is 49.8 Å². The Balaban J connectivity index is 1.98. The molecule has 1 aliphatic rings. The number of hydrogen-bond donors (Lipinski definition) is 1. The van der Waals surface area contributed by atoms with Gasteiger partial charge in [0, 0.05) is 12.1 Å². The first kappa shape index (κ1) is 11.7. The van der Waals surface area contributed by atoms with Gasteiger partial charge in [-0.1, -0.05) is 31.5 Å². The normalized spacial score (nSPS) is 25.5. The lowest BCUT2D eigenvalue weighted by molar-refractivity contribution is 0.539. The van der Waals surface area contributed by atoms with Gasteiger partial charge in [-0.25, -0.2) is 0 Å². The van der Waals surface area contributed by atoms with Crippen LogP contribution in [0.3, 0.4) is 0 Å². The topological polar surface area (TPSA) is 12.0 Å². The molecular weight excluding hydrogens is 194 g/mol. The quantitative estimate of drug-likeness (QED) is 0.810. The van der Waals surface area contributed by atoms with E-state index >= 15 is 0 Å². The summed E-state index contributed by atoms with van der Waals surface area (Å²) in [4.78, 5) is 0. The van der Waals surface area contributed by atoms with E-state index in [4.69, 9.17) is 0 Å². The van der Waals surface area contributed by atoms with Gasteiger partial charge in [-0.2, -0.15) is 0 Å². The molecule has 1 nitrogen and oxygen atoms in total. The molecule has 1 heteroatoms. The lowest BCUT2D eigenvalue weighted by Gasteiger charge is -2.15. The molecule has 88 valence electrons. The molecule has 0 aromatic heterocycles. The molecule has 0 aliphatic heterocycles. The summed E-state index contributed by atoms with van der Waals surface area (Å²) in [5.41, 5.74) is 4.20. The van der Waals surface area contributed by atoms with Crippen LogP contribution in [0.15, 0.2) is 18.2 Å². The third kappa shape index (κ3) is 2.46. The van der Waals surface area contributed by atoms with E-state index in [0.29, 0.717) is 6.04 Å². The van der Waals surface area contributed by atoms with Crippen molar-refractivity contribution >= 4 is 0 Å². The van der Waals surface area contributed by atoms with Crippen LogP contribution in [0.2, 0.25) is 0 Å². The summed E-state index contributed by atoms with van der Waals surface area (Å²) in [5, 5.41) is 3.72. The Morgan fingerprint density at radius 2 is 2.06 bits per heavy atom. The van der Waals surface area contributed by atoms with Gasteiger partial charge in [0.15, 0.2) is 0 Å². The first-order chi connectivity index (χ1) is 7.61. The van der Waals surface area contributed by atoms with Crippen LogP contribution in [0, 0.1) is 19.8 Å². The molecule has 0 spiro atoms. The largest absolute Gasteiger partial charge is 0.307 e. The van der Waals surface area contributed by atoms with E-state index in [2.05, 4.69) is 51.2 Å². The molecule has 2 rings (SSSR count). The monoisotopic (exact) mass is 217 g/mol. The average Bonchev–Trinajstić information content (AvgIpc) is 3.00. The zero-order valence-corrected chi connectivity index (χ0v) is 10.9. The van der Waals surface area contributed by atoms with E-state index in [1.54, 1.807) is 0 Å². The van der Waals surface area contributed by atoms with Crippen LogP contribution >= 0.6 is 0 Å². The Labute approximate surface area is 99.3 Å². The molecule has 1 N–H and O–H groups in total. The molecule has 1 aromatic rings. The molecule has 0 amide bonds. The molecule has 1 aliphatic carbocycles.